The number of pyridine rings is 1. The molecule has 0 aliphatic rings. The van der Waals surface area contributed by atoms with E-state index in [9.17, 15) is 13.2 Å². The zero-order chi connectivity index (χ0) is 14.3. The van der Waals surface area contributed by atoms with E-state index >= 15 is 0 Å². The van der Waals surface area contributed by atoms with Crippen LogP contribution in [0, 0.1) is 17.5 Å². The SMILES string of the molecule is COc1nccc(-c2nc3cc(F)c(F)cc3[nH]2)c1F. The highest BCUT2D eigenvalue weighted by atomic mass is 19.2. The minimum atomic E-state index is -1.01. The number of H-pyrrole nitrogens is 1. The van der Waals surface area contributed by atoms with Crippen molar-refractivity contribution in [2.75, 3.05) is 7.11 Å². The van der Waals surface area contributed by atoms with Crippen molar-refractivity contribution in [2.45, 2.75) is 0 Å². The van der Waals surface area contributed by atoms with Gasteiger partial charge in [0, 0.05) is 18.3 Å². The van der Waals surface area contributed by atoms with E-state index in [1.54, 1.807) is 0 Å². The smallest absolute Gasteiger partial charge is 0.250 e. The first-order valence-corrected chi connectivity index (χ1v) is 5.64. The summed E-state index contributed by atoms with van der Waals surface area (Å²) in [7, 11) is 1.29. The largest absolute Gasteiger partial charge is 0.479 e. The van der Waals surface area contributed by atoms with Gasteiger partial charge in [-0.05, 0) is 6.07 Å². The minimum Gasteiger partial charge on any atom is -0.479 e. The molecule has 2 aromatic heterocycles. The quantitative estimate of drug-likeness (QED) is 0.784. The number of benzene rings is 1. The van der Waals surface area contributed by atoms with Crippen molar-refractivity contribution in [3.63, 3.8) is 0 Å². The third-order valence-electron chi connectivity index (χ3n) is 2.83. The van der Waals surface area contributed by atoms with Gasteiger partial charge in [0.05, 0.1) is 23.7 Å². The van der Waals surface area contributed by atoms with Gasteiger partial charge >= 0.3 is 0 Å². The molecule has 0 saturated carbocycles. The average Bonchev–Trinajstić information content (AvgIpc) is 2.82. The number of hydrogen-bond donors (Lipinski definition) is 1. The van der Waals surface area contributed by atoms with Crippen molar-refractivity contribution in [2.24, 2.45) is 0 Å². The molecule has 0 aliphatic carbocycles. The van der Waals surface area contributed by atoms with E-state index in [1.165, 1.54) is 19.4 Å². The number of fused-ring (bicyclic) bond motifs is 1. The van der Waals surface area contributed by atoms with Crippen LogP contribution in [-0.4, -0.2) is 22.1 Å². The van der Waals surface area contributed by atoms with Crippen LogP contribution in [0.5, 0.6) is 5.88 Å². The minimum absolute atomic E-state index is 0.105. The summed E-state index contributed by atoms with van der Waals surface area (Å²) in [4.78, 5) is 10.5. The Hall–Kier alpha value is -2.57. The first-order chi connectivity index (χ1) is 9.60. The van der Waals surface area contributed by atoms with Gasteiger partial charge in [0.2, 0.25) is 0 Å². The van der Waals surface area contributed by atoms with Crippen molar-refractivity contribution in [3.8, 4) is 17.3 Å². The van der Waals surface area contributed by atoms with E-state index in [4.69, 9.17) is 4.74 Å². The summed E-state index contributed by atoms with van der Waals surface area (Å²) in [6.07, 6.45) is 1.35. The second kappa shape index (κ2) is 4.52. The molecule has 0 bridgehead atoms. The van der Waals surface area contributed by atoms with Crippen molar-refractivity contribution >= 4 is 11.0 Å². The highest BCUT2D eigenvalue weighted by Gasteiger charge is 2.16. The molecule has 20 heavy (non-hydrogen) atoms. The Morgan fingerprint density at radius 3 is 2.65 bits per heavy atom. The molecule has 4 nitrogen and oxygen atoms in total. The summed E-state index contributed by atoms with van der Waals surface area (Å²) in [5.74, 6) is -2.75. The van der Waals surface area contributed by atoms with Crippen LogP contribution in [0.2, 0.25) is 0 Å². The lowest BCUT2D eigenvalue weighted by molar-refractivity contribution is 0.370. The molecule has 2 heterocycles. The normalized spacial score (nSPS) is 11.0. The fourth-order valence-electron chi connectivity index (χ4n) is 1.88. The fraction of sp³-hybridized carbons (Fsp3) is 0.0769. The molecule has 1 aromatic carbocycles. The van der Waals surface area contributed by atoms with Crippen LogP contribution in [0.15, 0.2) is 24.4 Å². The molecule has 0 unspecified atom stereocenters. The van der Waals surface area contributed by atoms with Crippen LogP contribution in [0.3, 0.4) is 0 Å². The molecule has 0 atom stereocenters. The van der Waals surface area contributed by atoms with Crippen LogP contribution in [-0.2, 0) is 0 Å². The van der Waals surface area contributed by atoms with Gasteiger partial charge in [-0.15, -0.1) is 0 Å². The average molecular weight is 279 g/mol. The van der Waals surface area contributed by atoms with E-state index in [-0.39, 0.29) is 28.3 Å². The number of hydrogen-bond acceptors (Lipinski definition) is 3. The second-order valence-corrected chi connectivity index (χ2v) is 4.05. The Bertz CT molecular complexity index is 762. The fourth-order valence-corrected chi connectivity index (χ4v) is 1.88. The third-order valence-corrected chi connectivity index (χ3v) is 2.83. The molecule has 0 saturated heterocycles. The Balaban J connectivity index is 2.20. The number of aromatic amines is 1. The predicted octanol–water partition coefficient (Wildman–Crippen LogP) is 3.05. The zero-order valence-electron chi connectivity index (χ0n) is 10.2. The van der Waals surface area contributed by atoms with Crippen molar-refractivity contribution < 1.29 is 17.9 Å². The van der Waals surface area contributed by atoms with Gasteiger partial charge in [0.25, 0.3) is 5.88 Å². The van der Waals surface area contributed by atoms with Crippen LogP contribution in [0.25, 0.3) is 22.4 Å². The Morgan fingerprint density at radius 1 is 1.15 bits per heavy atom. The number of ether oxygens (including phenoxy) is 1. The second-order valence-electron chi connectivity index (χ2n) is 4.05. The van der Waals surface area contributed by atoms with Crippen LogP contribution in [0.4, 0.5) is 13.2 Å². The van der Waals surface area contributed by atoms with Gasteiger partial charge in [0.1, 0.15) is 5.82 Å². The lowest BCUT2D eigenvalue weighted by atomic mass is 10.2. The van der Waals surface area contributed by atoms with Crippen molar-refractivity contribution in [3.05, 3.63) is 41.8 Å². The molecule has 1 N–H and O–H groups in total. The van der Waals surface area contributed by atoms with Gasteiger partial charge in [-0.25, -0.2) is 23.1 Å². The summed E-state index contributed by atoms with van der Waals surface area (Å²) < 4.78 is 45.1. The molecule has 7 heteroatoms. The van der Waals surface area contributed by atoms with E-state index in [0.717, 1.165) is 12.1 Å². The van der Waals surface area contributed by atoms with E-state index in [0.29, 0.717) is 0 Å². The monoisotopic (exact) mass is 279 g/mol. The van der Waals surface area contributed by atoms with Gasteiger partial charge in [-0.3, -0.25) is 0 Å². The maximum atomic E-state index is 14.0. The Morgan fingerprint density at radius 2 is 1.90 bits per heavy atom. The lowest BCUT2D eigenvalue weighted by Crippen LogP contribution is -1.95. The summed E-state index contributed by atoms with van der Waals surface area (Å²) in [6.45, 7) is 0. The molecule has 0 amide bonds. The number of nitrogens with one attached hydrogen (secondary N) is 1. The molecule has 0 fully saturated rings. The highest BCUT2D eigenvalue weighted by Crippen LogP contribution is 2.27. The number of imidazole rings is 1. The maximum Gasteiger partial charge on any atom is 0.250 e. The first kappa shape index (κ1) is 12.5. The standard InChI is InChI=1S/C13H8F3N3O/c1-20-13-11(16)6(2-3-17-13)12-18-9-4-7(14)8(15)5-10(9)19-12/h2-5H,1H3,(H,18,19). The van der Waals surface area contributed by atoms with Gasteiger partial charge < -0.3 is 9.72 Å². The van der Waals surface area contributed by atoms with E-state index in [1.807, 2.05) is 0 Å². The maximum absolute atomic E-state index is 14.0. The molecule has 0 aliphatic heterocycles. The highest BCUT2D eigenvalue weighted by molar-refractivity contribution is 5.79. The lowest BCUT2D eigenvalue weighted by Gasteiger charge is -2.03. The Kier molecular flexibility index (Phi) is 2.81. The molecular formula is C13H8F3N3O. The molecule has 0 spiro atoms. The number of rotatable bonds is 2. The van der Waals surface area contributed by atoms with Gasteiger partial charge in [0.15, 0.2) is 17.5 Å². The van der Waals surface area contributed by atoms with Crippen molar-refractivity contribution in [1.29, 1.82) is 0 Å². The van der Waals surface area contributed by atoms with Crippen LogP contribution < -0.4 is 4.74 Å². The molecular weight excluding hydrogens is 271 g/mol. The number of aromatic nitrogens is 3. The number of halogens is 3. The summed E-state index contributed by atoms with van der Waals surface area (Å²) in [6, 6.07) is 3.31. The zero-order valence-corrected chi connectivity index (χ0v) is 10.2. The van der Waals surface area contributed by atoms with Gasteiger partial charge in [-0.1, -0.05) is 0 Å². The number of nitrogens with zero attached hydrogens (tertiary/aromatic N) is 2. The number of methoxy groups -OCH3 is 1. The summed E-state index contributed by atoms with van der Waals surface area (Å²) >= 11 is 0. The van der Waals surface area contributed by atoms with E-state index in [2.05, 4.69) is 15.0 Å². The molecule has 3 rings (SSSR count). The van der Waals surface area contributed by atoms with Crippen molar-refractivity contribution in [1.82, 2.24) is 15.0 Å². The van der Waals surface area contributed by atoms with Gasteiger partial charge in [-0.2, -0.15) is 0 Å². The van der Waals surface area contributed by atoms with Crippen LogP contribution in [0.1, 0.15) is 0 Å². The first-order valence-electron chi connectivity index (χ1n) is 5.64. The summed E-state index contributed by atoms with van der Waals surface area (Å²) in [5.41, 5.74) is 0.581. The van der Waals surface area contributed by atoms with Crippen LogP contribution >= 0.6 is 0 Å². The molecule has 0 radical (unpaired) electrons. The Labute approximate surface area is 111 Å². The third kappa shape index (κ3) is 1.87. The predicted molar refractivity (Wildman–Crippen MR) is 65.8 cm³/mol. The molecule has 102 valence electrons. The van der Waals surface area contributed by atoms with E-state index < -0.39 is 17.5 Å². The summed E-state index contributed by atoms with van der Waals surface area (Å²) in [5, 5.41) is 0. The molecule has 3 aromatic rings. The topological polar surface area (TPSA) is 50.8 Å².